The zero-order chi connectivity index (χ0) is 13.4. The molecule has 3 nitrogen and oxygen atoms in total. The summed E-state index contributed by atoms with van der Waals surface area (Å²) in [5.41, 5.74) is 0.558. The molecular formula is C16H11NO2. The van der Waals surface area contributed by atoms with Crippen molar-refractivity contribution in [2.24, 2.45) is 0 Å². The third-order valence-electron chi connectivity index (χ3n) is 3.31. The number of benzene rings is 3. The molecule has 1 N–H and O–H groups in total. The van der Waals surface area contributed by atoms with Gasteiger partial charge in [-0.15, -0.1) is 0 Å². The predicted octanol–water partition coefficient (Wildman–Crippen LogP) is 3.58. The van der Waals surface area contributed by atoms with Gasteiger partial charge in [-0.3, -0.25) is 0 Å². The third-order valence-corrected chi connectivity index (χ3v) is 3.31. The van der Waals surface area contributed by atoms with Crippen LogP contribution in [0.5, 0.6) is 11.5 Å². The summed E-state index contributed by atoms with van der Waals surface area (Å²) in [5.74, 6) is 0.867. The maximum Gasteiger partial charge on any atom is 0.131 e. The minimum atomic E-state index is 0.201. The molecule has 0 aliphatic heterocycles. The topological polar surface area (TPSA) is 53.2 Å². The number of hydrogen-bond acceptors (Lipinski definition) is 3. The van der Waals surface area contributed by atoms with Gasteiger partial charge >= 0.3 is 0 Å². The van der Waals surface area contributed by atoms with Crippen molar-refractivity contribution in [3.63, 3.8) is 0 Å². The van der Waals surface area contributed by atoms with E-state index < -0.39 is 0 Å². The van der Waals surface area contributed by atoms with Crippen molar-refractivity contribution >= 4 is 21.5 Å². The van der Waals surface area contributed by atoms with Gasteiger partial charge in [-0.05, 0) is 18.2 Å². The number of fused-ring (bicyclic) bond motifs is 2. The second kappa shape index (κ2) is 4.18. The summed E-state index contributed by atoms with van der Waals surface area (Å²) in [7, 11) is 1.58. The van der Waals surface area contributed by atoms with Crippen LogP contribution in [0.15, 0.2) is 42.5 Å². The molecule has 0 unspecified atom stereocenters. The second-order valence-electron chi connectivity index (χ2n) is 4.29. The first kappa shape index (κ1) is 11.4. The fraction of sp³-hybridized carbons (Fsp3) is 0.0625. The number of aromatic hydroxyl groups is 1. The number of rotatable bonds is 1. The van der Waals surface area contributed by atoms with Crippen molar-refractivity contribution in [3.8, 4) is 17.6 Å². The summed E-state index contributed by atoms with van der Waals surface area (Å²) in [6.07, 6.45) is 0. The number of phenolic OH excluding ortho intramolecular Hbond substituents is 1. The first-order chi connectivity index (χ1) is 9.26. The maximum atomic E-state index is 10.3. The monoisotopic (exact) mass is 249 g/mol. The molecule has 3 aromatic carbocycles. The Morgan fingerprint density at radius 3 is 2.37 bits per heavy atom. The van der Waals surface area contributed by atoms with Crippen LogP contribution < -0.4 is 4.74 Å². The van der Waals surface area contributed by atoms with Crippen LogP contribution in [-0.4, -0.2) is 12.2 Å². The Bertz CT molecular complexity index is 831. The van der Waals surface area contributed by atoms with E-state index in [0.29, 0.717) is 27.5 Å². The largest absolute Gasteiger partial charge is 0.507 e. The molecule has 0 aliphatic rings. The van der Waals surface area contributed by atoms with Gasteiger partial charge in [0.05, 0.1) is 12.7 Å². The summed E-state index contributed by atoms with van der Waals surface area (Å²) in [5, 5.41) is 22.6. The van der Waals surface area contributed by atoms with E-state index >= 15 is 0 Å². The lowest BCUT2D eigenvalue weighted by atomic mass is 9.96. The van der Waals surface area contributed by atoms with Gasteiger partial charge in [0, 0.05) is 21.5 Å². The number of methoxy groups -OCH3 is 1. The molecule has 0 saturated heterocycles. The number of ether oxygens (including phenoxy) is 1. The number of nitrogens with zero attached hydrogens (tertiary/aromatic N) is 1. The summed E-state index contributed by atoms with van der Waals surface area (Å²) in [4.78, 5) is 0. The van der Waals surface area contributed by atoms with E-state index in [1.165, 1.54) is 0 Å². The van der Waals surface area contributed by atoms with Gasteiger partial charge in [0.1, 0.15) is 17.6 Å². The summed E-state index contributed by atoms with van der Waals surface area (Å²) >= 11 is 0. The second-order valence-corrected chi connectivity index (χ2v) is 4.29. The van der Waals surface area contributed by atoms with Gasteiger partial charge in [-0.2, -0.15) is 5.26 Å². The van der Waals surface area contributed by atoms with Crippen LogP contribution in [0.4, 0.5) is 0 Å². The molecule has 92 valence electrons. The molecule has 3 rings (SSSR count). The molecule has 0 atom stereocenters. The zero-order valence-corrected chi connectivity index (χ0v) is 10.3. The SMILES string of the molecule is COc1ccc2c(O)c3ccccc3c(C#N)c2c1. The van der Waals surface area contributed by atoms with E-state index in [1.807, 2.05) is 24.3 Å². The molecule has 0 aliphatic carbocycles. The quantitative estimate of drug-likeness (QED) is 0.670. The Balaban J connectivity index is 2.59. The highest BCUT2D eigenvalue weighted by Crippen LogP contribution is 2.38. The van der Waals surface area contributed by atoms with Gasteiger partial charge in [0.2, 0.25) is 0 Å². The van der Waals surface area contributed by atoms with Gasteiger partial charge in [-0.1, -0.05) is 24.3 Å². The molecule has 0 saturated carbocycles. The molecule has 0 amide bonds. The zero-order valence-electron chi connectivity index (χ0n) is 10.3. The molecular weight excluding hydrogens is 238 g/mol. The van der Waals surface area contributed by atoms with Crippen LogP contribution in [0.3, 0.4) is 0 Å². The van der Waals surface area contributed by atoms with Crippen molar-refractivity contribution in [1.82, 2.24) is 0 Å². The first-order valence-corrected chi connectivity index (χ1v) is 5.87. The van der Waals surface area contributed by atoms with Gasteiger partial charge < -0.3 is 9.84 Å². The van der Waals surface area contributed by atoms with E-state index in [0.717, 1.165) is 5.39 Å². The molecule has 0 bridgehead atoms. The predicted molar refractivity (Wildman–Crippen MR) is 74.4 cm³/mol. The van der Waals surface area contributed by atoms with Crippen LogP contribution in [-0.2, 0) is 0 Å². The highest BCUT2D eigenvalue weighted by molar-refractivity contribution is 6.10. The normalized spacial score (nSPS) is 10.5. The minimum Gasteiger partial charge on any atom is -0.507 e. The minimum absolute atomic E-state index is 0.201. The van der Waals surface area contributed by atoms with Crippen molar-refractivity contribution in [3.05, 3.63) is 48.0 Å². The Labute approximate surface area is 110 Å². The average Bonchev–Trinajstić information content (AvgIpc) is 2.47. The Morgan fingerprint density at radius 1 is 1.00 bits per heavy atom. The molecule has 0 spiro atoms. The van der Waals surface area contributed by atoms with E-state index in [4.69, 9.17) is 4.74 Å². The van der Waals surface area contributed by atoms with Crippen LogP contribution in [0.25, 0.3) is 21.5 Å². The third kappa shape index (κ3) is 1.58. The van der Waals surface area contributed by atoms with Crippen molar-refractivity contribution in [2.75, 3.05) is 7.11 Å². The standard InChI is InChI=1S/C16H11NO2/c1-19-10-6-7-13-14(8-10)15(9-17)11-4-2-3-5-12(11)16(13)18/h2-8,18H,1H3. The Morgan fingerprint density at radius 2 is 1.68 bits per heavy atom. The molecule has 19 heavy (non-hydrogen) atoms. The van der Waals surface area contributed by atoms with E-state index in [1.54, 1.807) is 25.3 Å². The number of hydrogen-bond donors (Lipinski definition) is 1. The lowest BCUT2D eigenvalue weighted by molar-refractivity contribution is 0.415. The molecule has 0 aromatic heterocycles. The maximum absolute atomic E-state index is 10.3. The molecule has 3 aromatic rings. The highest BCUT2D eigenvalue weighted by atomic mass is 16.5. The summed E-state index contributed by atoms with van der Waals surface area (Å²) < 4.78 is 5.18. The van der Waals surface area contributed by atoms with E-state index in [-0.39, 0.29) is 5.75 Å². The van der Waals surface area contributed by atoms with Crippen LogP contribution in [0.2, 0.25) is 0 Å². The van der Waals surface area contributed by atoms with Gasteiger partial charge in [-0.25, -0.2) is 0 Å². The molecule has 0 heterocycles. The molecule has 0 radical (unpaired) electrons. The fourth-order valence-electron chi connectivity index (χ4n) is 2.38. The number of nitriles is 1. The fourth-order valence-corrected chi connectivity index (χ4v) is 2.38. The van der Waals surface area contributed by atoms with Crippen molar-refractivity contribution in [2.45, 2.75) is 0 Å². The summed E-state index contributed by atoms with van der Waals surface area (Å²) in [6.45, 7) is 0. The Hall–Kier alpha value is -2.73. The van der Waals surface area contributed by atoms with E-state index in [2.05, 4.69) is 6.07 Å². The first-order valence-electron chi connectivity index (χ1n) is 5.87. The van der Waals surface area contributed by atoms with Gasteiger partial charge in [0.15, 0.2) is 0 Å². The summed E-state index contributed by atoms with van der Waals surface area (Å²) in [6, 6.07) is 14.9. The van der Waals surface area contributed by atoms with Crippen molar-refractivity contribution < 1.29 is 9.84 Å². The smallest absolute Gasteiger partial charge is 0.131 e. The average molecular weight is 249 g/mol. The molecule has 0 fully saturated rings. The lowest BCUT2D eigenvalue weighted by Crippen LogP contribution is -1.88. The van der Waals surface area contributed by atoms with Crippen LogP contribution >= 0.6 is 0 Å². The van der Waals surface area contributed by atoms with E-state index in [9.17, 15) is 10.4 Å². The molecule has 3 heteroatoms. The van der Waals surface area contributed by atoms with Crippen LogP contribution in [0, 0.1) is 11.3 Å². The highest BCUT2D eigenvalue weighted by Gasteiger charge is 2.13. The van der Waals surface area contributed by atoms with Crippen molar-refractivity contribution in [1.29, 1.82) is 5.26 Å². The number of phenols is 1. The lowest BCUT2D eigenvalue weighted by Gasteiger charge is -2.10. The van der Waals surface area contributed by atoms with Crippen LogP contribution in [0.1, 0.15) is 5.56 Å². The van der Waals surface area contributed by atoms with Gasteiger partial charge in [0.25, 0.3) is 0 Å². The Kier molecular flexibility index (Phi) is 2.50.